The van der Waals surface area contributed by atoms with Crippen molar-refractivity contribution in [2.75, 3.05) is 26.2 Å². The van der Waals surface area contributed by atoms with Gasteiger partial charge in [0.1, 0.15) is 11.6 Å². The molecule has 0 bridgehead atoms. The van der Waals surface area contributed by atoms with E-state index in [4.69, 9.17) is 11.6 Å². The van der Waals surface area contributed by atoms with Gasteiger partial charge in [-0.15, -0.1) is 0 Å². The van der Waals surface area contributed by atoms with Crippen LogP contribution >= 0.6 is 11.6 Å². The molecule has 2 aromatic rings. The summed E-state index contributed by atoms with van der Waals surface area (Å²) in [5, 5.41) is 11.4. The molecule has 0 aliphatic carbocycles. The third-order valence-corrected chi connectivity index (χ3v) is 5.80. The van der Waals surface area contributed by atoms with Crippen LogP contribution in [0, 0.1) is 5.82 Å². The highest BCUT2D eigenvalue weighted by Gasteiger charge is 2.46. The van der Waals surface area contributed by atoms with Gasteiger partial charge in [0, 0.05) is 10.6 Å². The summed E-state index contributed by atoms with van der Waals surface area (Å²) in [5.41, 5.74) is 0.961. The molecule has 1 heterocycles. The second-order valence-corrected chi connectivity index (χ2v) is 7.69. The summed E-state index contributed by atoms with van der Waals surface area (Å²) in [6, 6.07) is 11.3. The second-order valence-electron chi connectivity index (χ2n) is 7.26. The van der Waals surface area contributed by atoms with Crippen molar-refractivity contribution in [3.8, 4) is 0 Å². The fourth-order valence-corrected chi connectivity index (χ4v) is 3.87. The second kappa shape index (κ2) is 9.41. The topological polar surface area (TPSA) is 62.0 Å². The largest absolute Gasteiger partial charge is 0.507 e. The van der Waals surface area contributed by atoms with E-state index in [1.807, 2.05) is 0 Å². The number of likely N-dealkylation sites (N-methyl/N-ethyl adjacent to an activating group) is 1. The van der Waals surface area contributed by atoms with Crippen LogP contribution in [0.3, 0.4) is 0 Å². The molecule has 1 fully saturated rings. The van der Waals surface area contributed by atoms with E-state index < -0.39 is 23.5 Å². The van der Waals surface area contributed by atoms with Gasteiger partial charge in [-0.3, -0.25) is 9.59 Å². The number of carbonyl (C=O) groups excluding carboxylic acids is 2. The predicted molar refractivity (Wildman–Crippen MR) is 114 cm³/mol. The minimum absolute atomic E-state index is 0.00322. The Kier molecular flexibility index (Phi) is 6.90. The van der Waals surface area contributed by atoms with Crippen LogP contribution in [0.5, 0.6) is 0 Å². The minimum Gasteiger partial charge on any atom is -0.507 e. The molecule has 0 spiro atoms. The van der Waals surface area contributed by atoms with Crippen LogP contribution in [-0.2, 0) is 9.59 Å². The number of likely N-dealkylation sites (tertiary alicyclic amines) is 1. The van der Waals surface area contributed by atoms with Crippen molar-refractivity contribution in [2.45, 2.75) is 19.9 Å². The Labute approximate surface area is 180 Å². The maximum absolute atomic E-state index is 13.3. The average molecular weight is 432 g/mol. The van der Waals surface area contributed by atoms with Crippen LogP contribution in [0.1, 0.15) is 31.0 Å². The van der Waals surface area contributed by atoms with E-state index >= 15 is 0 Å². The first kappa shape index (κ1) is 22.0. The number of aliphatic hydroxyl groups excluding tert-OH is 1. The number of benzene rings is 2. The molecule has 1 atom stereocenters. The van der Waals surface area contributed by atoms with Crippen LogP contribution < -0.4 is 4.90 Å². The van der Waals surface area contributed by atoms with Gasteiger partial charge >= 0.3 is 0 Å². The number of nitrogens with zero attached hydrogens (tertiary/aromatic N) is 1. The fraction of sp³-hybridized carbons (Fsp3) is 0.304. The van der Waals surface area contributed by atoms with Crippen molar-refractivity contribution in [1.29, 1.82) is 0 Å². The van der Waals surface area contributed by atoms with Gasteiger partial charge in [-0.1, -0.05) is 23.7 Å². The Morgan fingerprint density at radius 3 is 2.23 bits per heavy atom. The van der Waals surface area contributed by atoms with Crippen LogP contribution in [0.25, 0.3) is 5.76 Å². The lowest BCUT2D eigenvalue weighted by Crippen LogP contribution is -3.12. The van der Waals surface area contributed by atoms with Crippen LogP contribution in [-0.4, -0.2) is 47.9 Å². The van der Waals surface area contributed by atoms with Crippen LogP contribution in [0.4, 0.5) is 4.39 Å². The fourth-order valence-electron chi connectivity index (χ4n) is 3.75. The van der Waals surface area contributed by atoms with Crippen molar-refractivity contribution in [1.82, 2.24) is 4.90 Å². The standard InChI is InChI=1S/C23H24ClFN2O3/c1-3-26(4-2)13-14-27-20(15-5-9-17(24)10-6-15)19(22(29)23(27)30)21(28)16-7-11-18(25)12-8-16/h5-12,20,28H,3-4,13-14H2,1-2H3/p+1/t20-/m0/s1. The summed E-state index contributed by atoms with van der Waals surface area (Å²) >= 11 is 6.01. The summed E-state index contributed by atoms with van der Waals surface area (Å²) in [6.45, 7) is 7.00. The summed E-state index contributed by atoms with van der Waals surface area (Å²) in [5.74, 6) is -2.16. The van der Waals surface area contributed by atoms with Gasteiger partial charge in [-0.25, -0.2) is 4.39 Å². The number of aliphatic hydroxyl groups is 1. The SMILES string of the molecule is CC[NH+](CC)CCN1C(=O)C(=O)C(=C(O)c2ccc(F)cc2)[C@@H]1c1ccc(Cl)cc1. The van der Waals surface area contributed by atoms with Gasteiger partial charge in [-0.2, -0.15) is 0 Å². The van der Waals surface area contributed by atoms with E-state index in [0.717, 1.165) is 13.1 Å². The Morgan fingerprint density at radius 2 is 1.67 bits per heavy atom. The monoisotopic (exact) mass is 431 g/mol. The zero-order valence-corrected chi connectivity index (χ0v) is 17.7. The molecular weight excluding hydrogens is 407 g/mol. The van der Waals surface area contributed by atoms with Gasteiger partial charge in [0.2, 0.25) is 0 Å². The maximum atomic E-state index is 13.3. The quantitative estimate of drug-likeness (QED) is 0.402. The molecule has 30 heavy (non-hydrogen) atoms. The van der Waals surface area contributed by atoms with Crippen molar-refractivity contribution in [3.63, 3.8) is 0 Å². The number of quaternary nitrogens is 1. The zero-order chi connectivity index (χ0) is 21.8. The normalized spacial score (nSPS) is 18.4. The number of nitrogens with one attached hydrogen (secondary N) is 1. The maximum Gasteiger partial charge on any atom is 0.295 e. The molecule has 158 valence electrons. The Morgan fingerprint density at radius 1 is 1.07 bits per heavy atom. The number of halogens is 2. The van der Waals surface area contributed by atoms with Crippen molar-refractivity contribution in [3.05, 3.63) is 76.1 Å². The van der Waals surface area contributed by atoms with Crippen molar-refractivity contribution >= 4 is 29.1 Å². The van der Waals surface area contributed by atoms with E-state index in [-0.39, 0.29) is 16.9 Å². The lowest BCUT2D eigenvalue weighted by atomic mass is 9.95. The molecule has 1 aliphatic rings. The van der Waals surface area contributed by atoms with E-state index in [2.05, 4.69) is 13.8 Å². The molecule has 7 heteroatoms. The van der Waals surface area contributed by atoms with E-state index in [9.17, 15) is 19.1 Å². The molecule has 0 aromatic heterocycles. The molecule has 1 aliphatic heterocycles. The summed E-state index contributed by atoms with van der Waals surface area (Å²) < 4.78 is 13.3. The van der Waals surface area contributed by atoms with Gasteiger partial charge in [-0.05, 0) is 55.8 Å². The number of carbonyl (C=O) groups is 2. The van der Waals surface area contributed by atoms with Crippen molar-refractivity contribution < 1.29 is 24.0 Å². The van der Waals surface area contributed by atoms with E-state index in [1.54, 1.807) is 24.3 Å². The van der Waals surface area contributed by atoms with Gasteiger partial charge in [0.05, 0.1) is 37.8 Å². The third-order valence-electron chi connectivity index (χ3n) is 5.55. The first-order chi connectivity index (χ1) is 14.4. The molecule has 2 aromatic carbocycles. The summed E-state index contributed by atoms with van der Waals surface area (Å²) in [4.78, 5) is 28.6. The number of amides is 1. The molecule has 2 N–H and O–H groups in total. The first-order valence-electron chi connectivity index (χ1n) is 10.0. The number of hydrogen-bond acceptors (Lipinski definition) is 3. The zero-order valence-electron chi connectivity index (χ0n) is 17.0. The van der Waals surface area contributed by atoms with E-state index in [0.29, 0.717) is 23.7 Å². The molecule has 5 nitrogen and oxygen atoms in total. The predicted octanol–water partition coefficient (Wildman–Crippen LogP) is 2.83. The summed E-state index contributed by atoms with van der Waals surface area (Å²) in [7, 11) is 0. The number of hydrogen-bond donors (Lipinski definition) is 2. The molecule has 0 saturated carbocycles. The Hall–Kier alpha value is -2.70. The smallest absolute Gasteiger partial charge is 0.295 e. The number of Topliss-reactive ketones (excluding diaryl/α,β-unsaturated/α-hetero) is 1. The number of rotatable bonds is 7. The van der Waals surface area contributed by atoms with Gasteiger partial charge < -0.3 is 14.9 Å². The molecule has 1 amide bonds. The minimum atomic E-state index is -0.744. The molecule has 0 radical (unpaired) electrons. The van der Waals surface area contributed by atoms with Crippen molar-refractivity contribution in [2.24, 2.45) is 0 Å². The molecule has 1 saturated heterocycles. The van der Waals surface area contributed by atoms with Gasteiger partial charge in [0.25, 0.3) is 11.7 Å². The molecule has 0 unspecified atom stereocenters. The van der Waals surface area contributed by atoms with Crippen LogP contribution in [0.2, 0.25) is 5.02 Å². The highest BCUT2D eigenvalue weighted by Crippen LogP contribution is 2.39. The first-order valence-corrected chi connectivity index (χ1v) is 10.4. The molecular formula is C23H25ClFN2O3+. The molecule has 3 rings (SSSR count). The van der Waals surface area contributed by atoms with Gasteiger partial charge in [0.15, 0.2) is 0 Å². The Balaban J connectivity index is 2.08. The average Bonchev–Trinajstić information content (AvgIpc) is 3.00. The number of ketones is 1. The Bertz CT molecular complexity index is 953. The third kappa shape index (κ3) is 4.40. The van der Waals surface area contributed by atoms with Crippen LogP contribution in [0.15, 0.2) is 54.1 Å². The lowest BCUT2D eigenvalue weighted by Gasteiger charge is -2.27. The highest BCUT2D eigenvalue weighted by atomic mass is 35.5. The highest BCUT2D eigenvalue weighted by molar-refractivity contribution is 6.46. The summed E-state index contributed by atoms with van der Waals surface area (Å²) in [6.07, 6.45) is 0. The van der Waals surface area contributed by atoms with E-state index in [1.165, 1.54) is 34.1 Å². The lowest BCUT2D eigenvalue weighted by molar-refractivity contribution is -0.895.